The minimum atomic E-state index is -0.979. The van der Waals surface area contributed by atoms with Crippen molar-refractivity contribution in [3.05, 3.63) is 75.3 Å². The van der Waals surface area contributed by atoms with Crippen molar-refractivity contribution in [3.63, 3.8) is 0 Å². The topological polar surface area (TPSA) is 131 Å². The molecule has 10 nitrogen and oxygen atoms in total. The predicted molar refractivity (Wildman–Crippen MR) is 134 cm³/mol. The molecule has 202 valence electrons. The first-order valence-corrected chi connectivity index (χ1v) is 12.0. The molecule has 0 radical (unpaired) electrons. The first-order chi connectivity index (χ1) is 18.0. The number of ether oxygens (including phenoxy) is 1. The van der Waals surface area contributed by atoms with Gasteiger partial charge in [-0.1, -0.05) is 12.1 Å². The Labute approximate surface area is 217 Å². The van der Waals surface area contributed by atoms with E-state index < -0.39 is 52.4 Å². The van der Waals surface area contributed by atoms with Gasteiger partial charge in [0.2, 0.25) is 0 Å². The average molecular weight is 531 g/mol. The molecule has 0 fully saturated rings. The van der Waals surface area contributed by atoms with Crippen molar-refractivity contribution in [2.45, 2.75) is 39.3 Å². The third-order valence-electron chi connectivity index (χ3n) is 5.92. The highest BCUT2D eigenvalue weighted by Gasteiger charge is 2.43. The molecule has 0 aromatic heterocycles. The number of halogens is 2. The molecule has 0 bridgehead atoms. The van der Waals surface area contributed by atoms with Gasteiger partial charge in [-0.3, -0.25) is 19.7 Å². The van der Waals surface area contributed by atoms with Gasteiger partial charge in [0.05, 0.1) is 29.2 Å². The number of carbonyl (C=O) groups is 3. The molecule has 1 heterocycles. The van der Waals surface area contributed by atoms with Gasteiger partial charge in [0.25, 0.3) is 5.69 Å². The fraction of sp³-hybridized carbons (Fsp3) is 0.385. The summed E-state index contributed by atoms with van der Waals surface area (Å²) in [5, 5.41) is 14.2. The molecule has 1 aliphatic heterocycles. The number of urea groups is 1. The van der Waals surface area contributed by atoms with Crippen LogP contribution in [0.1, 0.15) is 49.2 Å². The third kappa shape index (κ3) is 6.82. The van der Waals surface area contributed by atoms with Crippen molar-refractivity contribution >= 4 is 29.2 Å². The number of nitrogens with zero attached hydrogens (tertiary/aromatic N) is 3. The lowest BCUT2D eigenvalue weighted by atomic mass is 9.86. The van der Waals surface area contributed by atoms with E-state index >= 15 is 0 Å². The largest absolute Gasteiger partial charge is 0.462 e. The molecule has 3 rings (SSSR count). The van der Waals surface area contributed by atoms with Crippen LogP contribution in [-0.2, 0) is 9.53 Å². The Kier molecular flexibility index (Phi) is 9.35. The molecule has 0 spiro atoms. The number of carbonyl (C=O) groups excluding carboxylic acids is 3. The molecule has 2 aromatic carbocycles. The van der Waals surface area contributed by atoms with Gasteiger partial charge in [0.1, 0.15) is 17.6 Å². The summed E-state index contributed by atoms with van der Waals surface area (Å²) >= 11 is 0. The number of benzene rings is 2. The molecule has 0 aliphatic carbocycles. The first kappa shape index (κ1) is 28.5. The predicted octanol–water partition coefficient (Wildman–Crippen LogP) is 4.24. The summed E-state index contributed by atoms with van der Waals surface area (Å²) in [5.41, 5.74) is 0.173. The first-order valence-electron chi connectivity index (χ1n) is 12.0. The third-order valence-corrected chi connectivity index (χ3v) is 5.92. The summed E-state index contributed by atoms with van der Waals surface area (Å²) in [5.74, 6) is -3.90. The van der Waals surface area contributed by atoms with E-state index in [4.69, 9.17) is 4.74 Å². The SMILES string of the molecule is CC1=NC(=O)N(CCCNCC(=O)c2ccc(F)cc2F)C(c2cccc([N+](=O)[O-])c2)C1C(=O)OC(C)C. The number of non-ortho nitro benzene ring substituents is 1. The van der Waals surface area contributed by atoms with Crippen molar-refractivity contribution in [3.8, 4) is 0 Å². The molecule has 1 N–H and O–H groups in total. The van der Waals surface area contributed by atoms with Crippen LogP contribution in [0.15, 0.2) is 47.5 Å². The maximum atomic E-state index is 13.8. The highest BCUT2D eigenvalue weighted by Crippen LogP contribution is 2.36. The fourth-order valence-corrected chi connectivity index (χ4v) is 4.23. The number of hydrogen-bond donors (Lipinski definition) is 1. The zero-order chi connectivity index (χ0) is 28.0. The van der Waals surface area contributed by atoms with E-state index in [1.807, 2.05) is 0 Å². The molecule has 0 saturated heterocycles. The summed E-state index contributed by atoms with van der Waals surface area (Å²) in [7, 11) is 0. The Morgan fingerprint density at radius 3 is 2.61 bits per heavy atom. The van der Waals surface area contributed by atoms with Crippen LogP contribution >= 0.6 is 0 Å². The smallest absolute Gasteiger partial charge is 0.344 e. The number of rotatable bonds is 11. The minimum absolute atomic E-state index is 0.0977. The standard InChI is InChI=1S/C26H28F2N4O6/c1-15(2)38-25(34)23-16(3)30-26(35)31(24(23)17-6-4-7-19(12-17)32(36)37)11-5-10-29-14-22(33)20-9-8-18(27)13-21(20)28/h4,6-9,12-13,15,23-24,29H,5,10-11,14H2,1-3H3. The van der Waals surface area contributed by atoms with Crippen molar-refractivity contribution in [1.82, 2.24) is 10.2 Å². The van der Waals surface area contributed by atoms with Crippen LogP contribution in [0.4, 0.5) is 19.3 Å². The number of nitro groups is 1. The lowest BCUT2D eigenvalue weighted by Gasteiger charge is -2.38. The number of nitrogens with one attached hydrogen (secondary N) is 1. The molecule has 38 heavy (non-hydrogen) atoms. The number of Topliss-reactive ketones (excluding diaryl/α,β-unsaturated/α-hetero) is 1. The molecule has 2 unspecified atom stereocenters. The molecule has 2 amide bonds. The second-order valence-electron chi connectivity index (χ2n) is 9.07. The Hall–Kier alpha value is -4.06. The van der Waals surface area contributed by atoms with E-state index in [0.29, 0.717) is 18.1 Å². The summed E-state index contributed by atoms with van der Waals surface area (Å²) < 4.78 is 32.3. The van der Waals surface area contributed by atoms with Crippen molar-refractivity contribution in [1.29, 1.82) is 0 Å². The molecular weight excluding hydrogens is 502 g/mol. The van der Waals surface area contributed by atoms with Gasteiger partial charge in [0.15, 0.2) is 5.78 Å². The number of hydrogen-bond acceptors (Lipinski definition) is 7. The number of amides is 2. The number of ketones is 1. The Bertz CT molecular complexity index is 1270. The molecule has 0 saturated carbocycles. The van der Waals surface area contributed by atoms with E-state index in [1.54, 1.807) is 19.9 Å². The van der Waals surface area contributed by atoms with Gasteiger partial charge < -0.3 is 15.0 Å². The van der Waals surface area contributed by atoms with Gasteiger partial charge in [-0.25, -0.2) is 18.6 Å². The minimum Gasteiger partial charge on any atom is -0.462 e. The highest BCUT2D eigenvalue weighted by molar-refractivity contribution is 6.08. The molecule has 1 aliphatic rings. The number of aliphatic imine (C=N–C) groups is 1. The summed E-state index contributed by atoms with van der Waals surface area (Å²) in [6, 6.07) is 6.88. The number of nitro benzene ring substituents is 1. The Morgan fingerprint density at radius 2 is 1.95 bits per heavy atom. The van der Waals surface area contributed by atoms with Crippen LogP contribution in [0.2, 0.25) is 0 Å². The molecule has 2 atom stereocenters. The molecular formula is C26H28F2N4O6. The normalized spacial score (nSPS) is 17.4. The molecule has 12 heteroatoms. The van der Waals surface area contributed by atoms with Gasteiger partial charge in [-0.15, -0.1) is 0 Å². The van der Waals surface area contributed by atoms with Crippen LogP contribution < -0.4 is 5.32 Å². The maximum absolute atomic E-state index is 13.8. The monoisotopic (exact) mass is 530 g/mol. The zero-order valence-electron chi connectivity index (χ0n) is 21.1. The van der Waals surface area contributed by atoms with E-state index in [9.17, 15) is 33.3 Å². The van der Waals surface area contributed by atoms with Crippen LogP contribution in [0.5, 0.6) is 0 Å². The lowest BCUT2D eigenvalue weighted by molar-refractivity contribution is -0.385. The van der Waals surface area contributed by atoms with Crippen LogP contribution in [0, 0.1) is 27.7 Å². The van der Waals surface area contributed by atoms with E-state index in [0.717, 1.165) is 12.1 Å². The fourth-order valence-electron chi connectivity index (χ4n) is 4.23. The van der Waals surface area contributed by atoms with Crippen molar-refractivity contribution in [2.24, 2.45) is 10.9 Å². The summed E-state index contributed by atoms with van der Waals surface area (Å²) in [4.78, 5) is 54.4. The van der Waals surface area contributed by atoms with E-state index in [2.05, 4.69) is 10.3 Å². The van der Waals surface area contributed by atoms with E-state index in [1.165, 1.54) is 30.0 Å². The number of esters is 1. The van der Waals surface area contributed by atoms with Gasteiger partial charge in [-0.2, -0.15) is 0 Å². The average Bonchev–Trinajstić information content (AvgIpc) is 2.83. The second kappa shape index (κ2) is 12.5. The van der Waals surface area contributed by atoms with Gasteiger partial charge in [-0.05, 0) is 51.4 Å². The van der Waals surface area contributed by atoms with Crippen molar-refractivity contribution in [2.75, 3.05) is 19.6 Å². The van der Waals surface area contributed by atoms with Crippen LogP contribution in [-0.4, -0.2) is 59.1 Å². The Morgan fingerprint density at radius 1 is 1.21 bits per heavy atom. The Balaban J connectivity index is 1.76. The van der Waals surface area contributed by atoms with Gasteiger partial charge in [0, 0.05) is 30.5 Å². The second-order valence-corrected chi connectivity index (χ2v) is 9.07. The van der Waals surface area contributed by atoms with Gasteiger partial charge >= 0.3 is 12.0 Å². The highest BCUT2D eigenvalue weighted by atomic mass is 19.1. The van der Waals surface area contributed by atoms with Crippen molar-refractivity contribution < 1.29 is 32.8 Å². The van der Waals surface area contributed by atoms with Crippen LogP contribution in [0.3, 0.4) is 0 Å². The summed E-state index contributed by atoms with van der Waals surface area (Å²) in [6.07, 6.45) is -0.114. The zero-order valence-corrected chi connectivity index (χ0v) is 21.1. The molecule has 2 aromatic rings. The van der Waals surface area contributed by atoms with E-state index in [-0.39, 0.29) is 36.6 Å². The summed E-state index contributed by atoms with van der Waals surface area (Å²) in [6.45, 7) is 5.02. The quantitative estimate of drug-likeness (QED) is 0.151. The lowest BCUT2D eigenvalue weighted by Crippen LogP contribution is -2.48. The van der Waals surface area contributed by atoms with Crippen LogP contribution in [0.25, 0.3) is 0 Å². The maximum Gasteiger partial charge on any atom is 0.344 e.